The monoisotopic (exact) mass is 433 g/mol. The van der Waals surface area contributed by atoms with Crippen LogP contribution in [-0.4, -0.2) is 41.9 Å². The van der Waals surface area contributed by atoms with Crippen molar-refractivity contribution in [2.45, 2.75) is 26.8 Å². The molecule has 0 unspecified atom stereocenters. The van der Waals surface area contributed by atoms with Gasteiger partial charge in [-0.3, -0.25) is 15.3 Å². The minimum absolute atomic E-state index is 0.0569. The molecule has 166 valence electrons. The van der Waals surface area contributed by atoms with Crippen LogP contribution >= 0.6 is 0 Å². The van der Waals surface area contributed by atoms with Crippen LogP contribution in [0.3, 0.4) is 0 Å². The van der Waals surface area contributed by atoms with Gasteiger partial charge in [-0.25, -0.2) is 13.2 Å². The lowest BCUT2D eigenvalue weighted by Gasteiger charge is -2.37. The molecule has 3 rings (SSSR count). The van der Waals surface area contributed by atoms with Crippen molar-refractivity contribution in [3.05, 3.63) is 58.7 Å². The van der Waals surface area contributed by atoms with Crippen LogP contribution in [0.1, 0.15) is 30.7 Å². The van der Waals surface area contributed by atoms with Crippen LogP contribution in [0.5, 0.6) is 0 Å². The highest BCUT2D eigenvalue weighted by atomic mass is 19.1. The first-order valence-electron chi connectivity index (χ1n) is 10.1. The molecule has 31 heavy (non-hydrogen) atoms. The largest absolute Gasteiger partial charge is 0.368 e. The van der Waals surface area contributed by atoms with Crippen molar-refractivity contribution in [2.75, 3.05) is 31.1 Å². The summed E-state index contributed by atoms with van der Waals surface area (Å²) in [5.74, 6) is 3.15. The van der Waals surface area contributed by atoms with E-state index in [9.17, 15) is 13.2 Å². The molecule has 2 heterocycles. The molecule has 0 saturated carbocycles. The second-order valence-electron chi connectivity index (χ2n) is 7.98. The van der Waals surface area contributed by atoms with E-state index in [1.54, 1.807) is 0 Å². The number of nitrogens with one attached hydrogen (secondary N) is 1. The Bertz CT molecular complexity index is 970. The number of anilines is 1. The molecule has 0 atom stereocenters. The number of piperazine rings is 1. The molecule has 1 aliphatic rings. The van der Waals surface area contributed by atoms with Crippen molar-refractivity contribution < 1.29 is 13.2 Å². The summed E-state index contributed by atoms with van der Waals surface area (Å²) in [5, 5.41) is 14.7. The fourth-order valence-electron chi connectivity index (χ4n) is 3.75. The maximum Gasteiger partial charge on any atom is 0.181 e. The molecule has 0 amide bonds. The van der Waals surface area contributed by atoms with Gasteiger partial charge in [0.15, 0.2) is 5.84 Å². The number of aromatic nitrogens is 1. The molecule has 10 heteroatoms. The van der Waals surface area contributed by atoms with Gasteiger partial charge in [-0.2, -0.15) is 0 Å². The number of nitrogens with zero attached hydrogens (tertiary/aromatic N) is 5. The van der Waals surface area contributed by atoms with Crippen molar-refractivity contribution in [1.29, 1.82) is 5.41 Å². The van der Waals surface area contributed by atoms with E-state index in [2.05, 4.69) is 29.2 Å². The van der Waals surface area contributed by atoms with Gasteiger partial charge in [0.25, 0.3) is 0 Å². The van der Waals surface area contributed by atoms with Crippen LogP contribution < -0.4 is 10.7 Å². The molecule has 0 spiro atoms. The van der Waals surface area contributed by atoms with Gasteiger partial charge in [0, 0.05) is 38.8 Å². The van der Waals surface area contributed by atoms with Crippen molar-refractivity contribution in [1.82, 2.24) is 9.88 Å². The molecule has 2 aromatic rings. The smallest absolute Gasteiger partial charge is 0.181 e. The summed E-state index contributed by atoms with van der Waals surface area (Å²) in [5.41, 5.74) is 1.65. The quantitative estimate of drug-likeness (QED) is 0.239. The summed E-state index contributed by atoms with van der Waals surface area (Å²) in [7, 11) is 0. The standard InChI is InChI=1S/C21H26F3N7/c1-13(2)7-14-8-17(24)20(21(25)28-29-26)19(9-14)31-5-3-30(4-6-31)12-18-16(23)10-15(22)11-27-18/h8-11,13H,3-7,12H2,1-2H3,(H3,25,26,28). The number of nitrogens with two attached hydrogens (primary N) is 1. The average Bonchev–Trinajstić information content (AvgIpc) is 2.70. The highest BCUT2D eigenvalue weighted by molar-refractivity contribution is 6.02. The van der Waals surface area contributed by atoms with E-state index < -0.39 is 17.5 Å². The van der Waals surface area contributed by atoms with E-state index in [0.29, 0.717) is 44.2 Å². The molecule has 0 bridgehead atoms. The third kappa shape index (κ3) is 5.57. The van der Waals surface area contributed by atoms with E-state index in [1.165, 1.54) is 6.07 Å². The van der Waals surface area contributed by atoms with Crippen molar-refractivity contribution >= 4 is 11.5 Å². The zero-order valence-electron chi connectivity index (χ0n) is 17.6. The minimum atomic E-state index is -0.709. The van der Waals surface area contributed by atoms with Crippen LogP contribution in [0.4, 0.5) is 18.9 Å². The number of amidine groups is 1. The molecule has 7 nitrogen and oxygen atoms in total. The molecule has 1 aromatic carbocycles. The minimum Gasteiger partial charge on any atom is -0.368 e. The highest BCUT2D eigenvalue weighted by Crippen LogP contribution is 2.29. The number of benzene rings is 1. The van der Waals surface area contributed by atoms with Gasteiger partial charge in [0.05, 0.1) is 23.1 Å². The van der Waals surface area contributed by atoms with Gasteiger partial charge >= 0.3 is 0 Å². The number of halogens is 3. The van der Waals surface area contributed by atoms with E-state index in [1.807, 2.05) is 15.9 Å². The zero-order valence-corrected chi connectivity index (χ0v) is 17.6. The highest BCUT2D eigenvalue weighted by Gasteiger charge is 2.25. The van der Waals surface area contributed by atoms with Crippen LogP contribution in [0.25, 0.3) is 0 Å². The molecule has 1 aromatic heterocycles. The van der Waals surface area contributed by atoms with Gasteiger partial charge in [-0.05, 0) is 30.0 Å². The summed E-state index contributed by atoms with van der Waals surface area (Å²) in [6.45, 7) is 6.57. The molecule has 1 aliphatic heterocycles. The molecular formula is C21H26F3N7. The Kier molecular flexibility index (Phi) is 7.21. The summed E-state index contributed by atoms with van der Waals surface area (Å²) >= 11 is 0. The number of rotatable bonds is 6. The predicted octanol–water partition coefficient (Wildman–Crippen LogP) is 3.67. The third-order valence-electron chi connectivity index (χ3n) is 5.14. The van der Waals surface area contributed by atoms with Crippen LogP contribution in [0, 0.1) is 28.8 Å². The van der Waals surface area contributed by atoms with E-state index in [0.717, 1.165) is 17.8 Å². The summed E-state index contributed by atoms with van der Waals surface area (Å²) < 4.78 is 41.9. The fourth-order valence-corrected chi connectivity index (χ4v) is 3.75. The Labute approximate surface area is 179 Å². The van der Waals surface area contributed by atoms with Crippen molar-refractivity contribution in [2.24, 2.45) is 22.1 Å². The molecule has 1 fully saturated rings. The summed E-state index contributed by atoms with van der Waals surface area (Å²) in [4.78, 5) is 7.82. The first-order valence-corrected chi connectivity index (χ1v) is 10.1. The topological polar surface area (TPSA) is 94.0 Å². The molecular weight excluding hydrogens is 407 g/mol. The number of hydrogen-bond donors (Lipinski definition) is 2. The first kappa shape index (κ1) is 22.7. The lowest BCUT2D eigenvalue weighted by atomic mass is 9.98. The maximum absolute atomic E-state index is 14.9. The number of hydrogen-bond acceptors (Lipinski definition) is 5. The summed E-state index contributed by atoms with van der Waals surface area (Å²) in [6, 6.07) is 4.14. The molecule has 1 saturated heterocycles. The first-order chi connectivity index (χ1) is 14.8. The van der Waals surface area contributed by atoms with E-state index >= 15 is 0 Å². The summed E-state index contributed by atoms with van der Waals surface area (Å²) in [6.07, 6.45) is 1.70. The van der Waals surface area contributed by atoms with Gasteiger partial charge in [-0.1, -0.05) is 19.1 Å². The van der Waals surface area contributed by atoms with Crippen LogP contribution in [0.15, 0.2) is 34.7 Å². The maximum atomic E-state index is 14.9. The Morgan fingerprint density at radius 2 is 1.84 bits per heavy atom. The van der Waals surface area contributed by atoms with Gasteiger partial charge in [0.1, 0.15) is 17.5 Å². The van der Waals surface area contributed by atoms with Crippen LogP contribution in [0.2, 0.25) is 0 Å². The lowest BCUT2D eigenvalue weighted by Crippen LogP contribution is -2.46. The Morgan fingerprint density at radius 3 is 2.45 bits per heavy atom. The van der Waals surface area contributed by atoms with E-state index in [-0.39, 0.29) is 23.6 Å². The molecule has 0 aliphatic carbocycles. The Morgan fingerprint density at radius 1 is 1.13 bits per heavy atom. The average molecular weight is 433 g/mol. The normalized spacial score (nSPS) is 15.2. The van der Waals surface area contributed by atoms with Crippen molar-refractivity contribution in [3.8, 4) is 0 Å². The number of pyridine rings is 1. The van der Waals surface area contributed by atoms with E-state index in [4.69, 9.17) is 11.3 Å². The van der Waals surface area contributed by atoms with Crippen LogP contribution in [-0.2, 0) is 13.0 Å². The zero-order chi connectivity index (χ0) is 22.5. The van der Waals surface area contributed by atoms with Gasteiger partial charge in [-0.15, -0.1) is 5.11 Å². The lowest BCUT2D eigenvalue weighted by molar-refractivity contribution is 0.243. The second kappa shape index (κ2) is 9.86. The Balaban J connectivity index is 1.80. The Hall–Kier alpha value is -3.01. The second-order valence-corrected chi connectivity index (χ2v) is 7.98. The predicted molar refractivity (Wildman–Crippen MR) is 112 cm³/mol. The van der Waals surface area contributed by atoms with Gasteiger partial charge in [0.2, 0.25) is 0 Å². The van der Waals surface area contributed by atoms with Crippen molar-refractivity contribution in [3.63, 3.8) is 0 Å². The SMILES string of the molecule is CC(C)Cc1cc(F)c(C(=N)/N=N\N)c(N2CCN(Cc3ncc(F)cc3F)CC2)c1. The fraction of sp³-hybridized carbons (Fsp3) is 0.429. The molecule has 3 N–H and O–H groups in total. The molecule has 0 radical (unpaired) electrons. The van der Waals surface area contributed by atoms with Gasteiger partial charge < -0.3 is 10.7 Å². The third-order valence-corrected chi connectivity index (χ3v) is 5.14.